The highest BCUT2D eigenvalue weighted by Gasteiger charge is 2.39. The lowest BCUT2D eigenvalue weighted by atomic mass is 9.84. The van der Waals surface area contributed by atoms with Crippen LogP contribution < -0.4 is 0 Å². The zero-order valence-electron chi connectivity index (χ0n) is 9.62. The van der Waals surface area contributed by atoms with E-state index in [1.807, 2.05) is 18.7 Å². The molecule has 0 aliphatic carbocycles. The molecule has 0 amide bonds. The fourth-order valence-corrected chi connectivity index (χ4v) is 1.30. The number of rotatable bonds is 6. The van der Waals surface area contributed by atoms with E-state index in [1.165, 1.54) is 0 Å². The first-order valence-electron chi connectivity index (χ1n) is 4.96. The zero-order chi connectivity index (χ0) is 11.4. The Hall–Kier alpha value is -0.160. The van der Waals surface area contributed by atoms with Crippen molar-refractivity contribution < 1.29 is 15.3 Å². The van der Waals surface area contributed by atoms with Crippen molar-refractivity contribution in [2.75, 3.05) is 26.3 Å². The van der Waals surface area contributed by atoms with E-state index in [9.17, 15) is 5.11 Å². The minimum absolute atomic E-state index is 0.0273. The first-order chi connectivity index (χ1) is 6.27. The van der Waals surface area contributed by atoms with Crippen LogP contribution in [0.4, 0.5) is 0 Å². The molecule has 0 spiro atoms. The summed E-state index contributed by atoms with van der Waals surface area (Å²) in [6.07, 6.45) is 0. The molecule has 0 saturated carbocycles. The summed E-state index contributed by atoms with van der Waals surface area (Å²) in [5, 5.41) is 27.7. The van der Waals surface area contributed by atoms with Gasteiger partial charge in [0.15, 0.2) is 0 Å². The number of β-amino-alcohol motifs (C(OH)–C–C–N with tert-alkyl or cyclic N) is 2. The van der Waals surface area contributed by atoms with Crippen LogP contribution in [0.1, 0.15) is 27.7 Å². The summed E-state index contributed by atoms with van der Waals surface area (Å²) < 4.78 is 0. The van der Waals surface area contributed by atoms with E-state index < -0.39 is 11.1 Å². The van der Waals surface area contributed by atoms with Crippen LogP contribution >= 0.6 is 0 Å². The van der Waals surface area contributed by atoms with E-state index in [2.05, 4.69) is 0 Å². The fourth-order valence-electron chi connectivity index (χ4n) is 1.30. The van der Waals surface area contributed by atoms with Gasteiger partial charge in [-0.15, -0.1) is 0 Å². The van der Waals surface area contributed by atoms with E-state index in [0.717, 1.165) is 0 Å². The summed E-state index contributed by atoms with van der Waals surface area (Å²) in [5.41, 5.74) is -1.35. The predicted molar refractivity (Wildman–Crippen MR) is 56.1 cm³/mol. The molecule has 0 aromatic heterocycles. The summed E-state index contributed by atoms with van der Waals surface area (Å²) in [5.74, 6) is 0. The van der Waals surface area contributed by atoms with Crippen molar-refractivity contribution in [3.8, 4) is 0 Å². The predicted octanol–water partition coefficient (Wildman–Crippen LogP) is -0.178. The van der Waals surface area contributed by atoms with Gasteiger partial charge in [-0.1, -0.05) is 0 Å². The summed E-state index contributed by atoms with van der Waals surface area (Å²) >= 11 is 0. The Balaban J connectivity index is 4.61. The van der Waals surface area contributed by atoms with Crippen molar-refractivity contribution in [1.82, 2.24) is 4.90 Å². The van der Waals surface area contributed by atoms with Gasteiger partial charge in [0, 0.05) is 18.6 Å². The average molecular weight is 205 g/mol. The van der Waals surface area contributed by atoms with Crippen LogP contribution in [0.5, 0.6) is 0 Å². The zero-order valence-corrected chi connectivity index (χ0v) is 9.62. The Bertz CT molecular complexity index is 157. The second kappa shape index (κ2) is 5.07. The lowest BCUT2D eigenvalue weighted by molar-refractivity contribution is -0.0800. The van der Waals surface area contributed by atoms with Crippen LogP contribution in [-0.4, -0.2) is 57.7 Å². The number of nitrogens with zero attached hydrogens (tertiary/aromatic N) is 1. The summed E-state index contributed by atoms with van der Waals surface area (Å²) in [6.45, 7) is 8.23. The first-order valence-corrected chi connectivity index (χ1v) is 4.96. The fraction of sp³-hybridized carbons (Fsp3) is 1.00. The molecule has 0 aromatic rings. The normalized spacial score (nSPS) is 13.7. The third kappa shape index (κ3) is 3.20. The molecule has 0 aliphatic rings. The number of aliphatic hydroxyl groups excluding tert-OH is 2. The molecule has 0 heterocycles. The molecule has 0 fully saturated rings. The molecule has 4 nitrogen and oxygen atoms in total. The SMILES string of the molecule is CC(C)(O)C(C)(C)N(CCO)CCO. The van der Waals surface area contributed by atoms with Crippen molar-refractivity contribution >= 4 is 0 Å². The quantitative estimate of drug-likeness (QED) is 0.563. The minimum atomic E-state index is -0.878. The second-order valence-corrected chi connectivity index (χ2v) is 4.55. The molecule has 4 heteroatoms. The standard InChI is InChI=1S/C10H23NO3/c1-9(2,10(3,4)14)11(5-7-12)6-8-13/h12-14H,5-8H2,1-4H3. The maximum atomic E-state index is 9.96. The van der Waals surface area contributed by atoms with Crippen molar-refractivity contribution in [3.05, 3.63) is 0 Å². The van der Waals surface area contributed by atoms with E-state index in [1.54, 1.807) is 13.8 Å². The van der Waals surface area contributed by atoms with E-state index >= 15 is 0 Å². The molecule has 0 rings (SSSR count). The van der Waals surface area contributed by atoms with Crippen LogP contribution in [0.2, 0.25) is 0 Å². The minimum Gasteiger partial charge on any atom is -0.395 e. The van der Waals surface area contributed by atoms with Crippen molar-refractivity contribution in [2.45, 2.75) is 38.8 Å². The van der Waals surface area contributed by atoms with E-state index in [-0.39, 0.29) is 13.2 Å². The monoisotopic (exact) mass is 205 g/mol. The number of hydrogen-bond donors (Lipinski definition) is 3. The Morgan fingerprint density at radius 1 is 0.929 bits per heavy atom. The topological polar surface area (TPSA) is 63.9 Å². The van der Waals surface area contributed by atoms with Crippen LogP contribution in [0, 0.1) is 0 Å². The molecule has 0 aliphatic heterocycles. The van der Waals surface area contributed by atoms with Crippen LogP contribution in [0.25, 0.3) is 0 Å². The maximum Gasteiger partial charge on any atom is 0.0769 e. The lowest BCUT2D eigenvalue weighted by Crippen LogP contribution is -2.59. The highest BCUT2D eigenvalue weighted by atomic mass is 16.3. The van der Waals surface area contributed by atoms with Gasteiger partial charge in [-0.3, -0.25) is 4.90 Å². The molecule has 3 N–H and O–H groups in total. The molecule has 86 valence electrons. The molecular weight excluding hydrogens is 182 g/mol. The van der Waals surface area contributed by atoms with Gasteiger partial charge in [-0.2, -0.15) is 0 Å². The molecule has 0 unspecified atom stereocenters. The van der Waals surface area contributed by atoms with E-state index in [4.69, 9.17) is 10.2 Å². The Morgan fingerprint density at radius 3 is 1.50 bits per heavy atom. The number of hydrogen-bond acceptors (Lipinski definition) is 4. The highest BCUT2D eigenvalue weighted by molar-refractivity contribution is 4.95. The third-order valence-electron chi connectivity index (χ3n) is 3.03. The third-order valence-corrected chi connectivity index (χ3v) is 3.03. The largest absolute Gasteiger partial charge is 0.395 e. The Labute approximate surface area is 86.2 Å². The maximum absolute atomic E-state index is 9.96. The van der Waals surface area contributed by atoms with Gasteiger partial charge in [0.05, 0.1) is 18.8 Å². The molecule has 0 atom stereocenters. The van der Waals surface area contributed by atoms with E-state index in [0.29, 0.717) is 13.1 Å². The van der Waals surface area contributed by atoms with Gasteiger partial charge in [0.1, 0.15) is 0 Å². The van der Waals surface area contributed by atoms with Crippen molar-refractivity contribution in [1.29, 1.82) is 0 Å². The Kier molecular flexibility index (Phi) is 5.01. The van der Waals surface area contributed by atoms with Gasteiger partial charge in [0.25, 0.3) is 0 Å². The first kappa shape index (κ1) is 13.8. The lowest BCUT2D eigenvalue weighted by Gasteiger charge is -2.46. The van der Waals surface area contributed by atoms with Gasteiger partial charge in [-0.25, -0.2) is 0 Å². The van der Waals surface area contributed by atoms with Crippen LogP contribution in [0.3, 0.4) is 0 Å². The summed E-state index contributed by atoms with van der Waals surface area (Å²) in [7, 11) is 0. The number of aliphatic hydroxyl groups is 3. The summed E-state index contributed by atoms with van der Waals surface area (Å²) in [4.78, 5) is 1.88. The molecular formula is C10H23NO3. The van der Waals surface area contributed by atoms with Crippen molar-refractivity contribution in [3.63, 3.8) is 0 Å². The molecule has 14 heavy (non-hydrogen) atoms. The van der Waals surface area contributed by atoms with Gasteiger partial charge < -0.3 is 15.3 Å². The van der Waals surface area contributed by atoms with Gasteiger partial charge in [-0.05, 0) is 27.7 Å². The molecule has 0 saturated heterocycles. The smallest absolute Gasteiger partial charge is 0.0769 e. The second-order valence-electron chi connectivity index (χ2n) is 4.55. The molecule has 0 radical (unpaired) electrons. The van der Waals surface area contributed by atoms with Gasteiger partial charge in [0.2, 0.25) is 0 Å². The average Bonchev–Trinajstić information content (AvgIpc) is 2.02. The van der Waals surface area contributed by atoms with Crippen molar-refractivity contribution in [2.24, 2.45) is 0 Å². The molecule has 0 bridgehead atoms. The summed E-state index contributed by atoms with van der Waals surface area (Å²) in [6, 6.07) is 0. The van der Waals surface area contributed by atoms with Crippen LogP contribution in [-0.2, 0) is 0 Å². The Morgan fingerprint density at radius 2 is 1.29 bits per heavy atom. The van der Waals surface area contributed by atoms with Gasteiger partial charge >= 0.3 is 0 Å². The van der Waals surface area contributed by atoms with Crippen LogP contribution in [0.15, 0.2) is 0 Å². The molecule has 0 aromatic carbocycles. The highest BCUT2D eigenvalue weighted by Crippen LogP contribution is 2.27.